The molecule has 186 valence electrons. The first-order valence-electron chi connectivity index (χ1n) is 11.9. The van der Waals surface area contributed by atoms with Gasteiger partial charge in [0.05, 0.1) is 14.2 Å². The number of ether oxygens (including phenoxy) is 2. The van der Waals surface area contributed by atoms with Crippen molar-refractivity contribution in [2.75, 3.05) is 46.9 Å². The Morgan fingerprint density at radius 3 is 2.45 bits per heavy atom. The van der Waals surface area contributed by atoms with Gasteiger partial charge in [0.2, 0.25) is 5.91 Å². The van der Waals surface area contributed by atoms with Crippen LogP contribution in [0.15, 0.2) is 23.2 Å². The van der Waals surface area contributed by atoms with Crippen molar-refractivity contribution >= 4 is 35.8 Å². The van der Waals surface area contributed by atoms with E-state index in [-0.39, 0.29) is 35.8 Å². The van der Waals surface area contributed by atoms with Gasteiger partial charge in [-0.15, -0.1) is 24.0 Å². The number of methoxy groups -OCH3 is 2. The van der Waals surface area contributed by atoms with E-state index in [2.05, 4.69) is 39.9 Å². The monoisotopic (exact) mass is 573 g/mol. The number of guanidine groups is 1. The number of benzene rings is 1. The van der Waals surface area contributed by atoms with Crippen LogP contribution in [0.2, 0.25) is 0 Å². The van der Waals surface area contributed by atoms with Crippen LogP contribution in [-0.2, 0) is 11.3 Å². The van der Waals surface area contributed by atoms with E-state index < -0.39 is 0 Å². The van der Waals surface area contributed by atoms with Gasteiger partial charge in [0, 0.05) is 57.3 Å². The molecule has 2 aliphatic rings. The number of aliphatic imine (C=N–C) groups is 1. The first-order chi connectivity index (χ1) is 15.6. The number of nitrogens with zero attached hydrogens (tertiary/aromatic N) is 2. The molecule has 3 rings (SSSR count). The number of halogens is 1. The lowest BCUT2D eigenvalue weighted by atomic mass is 9.85. The largest absolute Gasteiger partial charge is 0.497 e. The van der Waals surface area contributed by atoms with Crippen LogP contribution < -0.4 is 25.4 Å². The van der Waals surface area contributed by atoms with Gasteiger partial charge in [0.15, 0.2) is 5.96 Å². The van der Waals surface area contributed by atoms with Crippen molar-refractivity contribution in [2.45, 2.75) is 51.6 Å². The average Bonchev–Trinajstić information content (AvgIpc) is 3.18. The normalized spacial score (nSPS) is 18.8. The summed E-state index contributed by atoms with van der Waals surface area (Å²) >= 11 is 0. The van der Waals surface area contributed by atoms with Crippen LogP contribution in [-0.4, -0.2) is 69.8 Å². The summed E-state index contributed by atoms with van der Waals surface area (Å²) in [5.41, 5.74) is 1.19. The van der Waals surface area contributed by atoms with Crippen molar-refractivity contribution in [3.8, 4) is 11.5 Å². The SMILES string of the molecule is CCNC(=NCCCNC(=O)C1CCC1)NC1CCN(Cc2cc(OC)cc(OC)c2)C1.I. The summed E-state index contributed by atoms with van der Waals surface area (Å²) in [6.07, 6.45) is 5.20. The molecule has 0 aromatic heterocycles. The summed E-state index contributed by atoms with van der Waals surface area (Å²) in [5.74, 6) is 2.95. The zero-order valence-corrected chi connectivity index (χ0v) is 22.5. The lowest BCUT2D eigenvalue weighted by Crippen LogP contribution is -2.44. The van der Waals surface area contributed by atoms with E-state index in [1.165, 1.54) is 12.0 Å². The molecule has 1 saturated carbocycles. The Morgan fingerprint density at radius 1 is 1.12 bits per heavy atom. The molecule has 0 radical (unpaired) electrons. The van der Waals surface area contributed by atoms with Crippen molar-refractivity contribution in [1.82, 2.24) is 20.9 Å². The molecule has 1 aliphatic heterocycles. The number of carbonyl (C=O) groups is 1. The quantitative estimate of drug-likeness (QED) is 0.164. The standard InChI is InChI=1S/C24H39N5O3.HI/c1-4-25-24(27-11-6-10-26-23(30)19-7-5-8-19)28-20-9-12-29(17-20)16-18-13-21(31-2)15-22(14-18)32-3;/h13-15,19-20H,4-12,16-17H2,1-3H3,(H,26,30)(H2,25,27,28);1H. The maximum atomic E-state index is 11.9. The predicted molar refractivity (Wildman–Crippen MR) is 143 cm³/mol. The first-order valence-corrected chi connectivity index (χ1v) is 11.9. The lowest BCUT2D eigenvalue weighted by molar-refractivity contribution is -0.127. The van der Waals surface area contributed by atoms with Gasteiger partial charge in [-0.1, -0.05) is 6.42 Å². The van der Waals surface area contributed by atoms with E-state index in [1.807, 2.05) is 6.07 Å². The highest BCUT2D eigenvalue weighted by atomic mass is 127. The van der Waals surface area contributed by atoms with E-state index >= 15 is 0 Å². The Balaban J connectivity index is 0.00000385. The smallest absolute Gasteiger partial charge is 0.223 e. The van der Waals surface area contributed by atoms with Gasteiger partial charge >= 0.3 is 0 Å². The third-order valence-electron chi connectivity index (χ3n) is 6.15. The van der Waals surface area contributed by atoms with Gasteiger partial charge in [-0.3, -0.25) is 14.7 Å². The number of amides is 1. The van der Waals surface area contributed by atoms with Gasteiger partial charge in [0.1, 0.15) is 11.5 Å². The molecule has 1 atom stereocenters. The van der Waals surface area contributed by atoms with Gasteiger partial charge in [-0.2, -0.15) is 0 Å². The first kappa shape index (κ1) is 27.5. The molecule has 0 bridgehead atoms. The second-order valence-corrected chi connectivity index (χ2v) is 8.62. The molecule has 9 heteroatoms. The fourth-order valence-electron chi connectivity index (χ4n) is 4.12. The Kier molecular flexibility index (Phi) is 12.1. The summed E-state index contributed by atoms with van der Waals surface area (Å²) in [6, 6.07) is 6.39. The molecule has 1 aromatic rings. The van der Waals surface area contributed by atoms with Crippen molar-refractivity contribution in [2.24, 2.45) is 10.9 Å². The fourth-order valence-corrected chi connectivity index (χ4v) is 4.12. The van der Waals surface area contributed by atoms with Crippen molar-refractivity contribution in [3.05, 3.63) is 23.8 Å². The van der Waals surface area contributed by atoms with Gasteiger partial charge in [-0.05, 0) is 50.3 Å². The lowest BCUT2D eigenvalue weighted by Gasteiger charge is -2.23. The van der Waals surface area contributed by atoms with Crippen LogP contribution in [0, 0.1) is 5.92 Å². The maximum Gasteiger partial charge on any atom is 0.223 e. The minimum atomic E-state index is 0. The zero-order valence-electron chi connectivity index (χ0n) is 20.2. The van der Waals surface area contributed by atoms with Crippen LogP contribution in [0.5, 0.6) is 11.5 Å². The number of rotatable bonds is 11. The molecule has 1 aliphatic carbocycles. The third kappa shape index (κ3) is 8.84. The molecule has 1 unspecified atom stereocenters. The average molecular weight is 574 g/mol. The number of likely N-dealkylation sites (tertiary alicyclic amines) is 1. The van der Waals surface area contributed by atoms with E-state index in [0.717, 1.165) is 69.3 Å². The summed E-state index contributed by atoms with van der Waals surface area (Å²) in [4.78, 5) is 19.0. The van der Waals surface area contributed by atoms with Crippen LogP contribution in [0.3, 0.4) is 0 Å². The summed E-state index contributed by atoms with van der Waals surface area (Å²) in [6.45, 7) is 7.14. The molecule has 2 fully saturated rings. The second-order valence-electron chi connectivity index (χ2n) is 8.62. The number of nitrogens with one attached hydrogen (secondary N) is 3. The highest BCUT2D eigenvalue weighted by Crippen LogP contribution is 2.26. The predicted octanol–water partition coefficient (Wildman–Crippen LogP) is 2.76. The Hall–Kier alpha value is -1.75. The maximum absolute atomic E-state index is 11.9. The zero-order chi connectivity index (χ0) is 22.8. The number of hydrogen-bond acceptors (Lipinski definition) is 5. The van der Waals surface area contributed by atoms with Crippen LogP contribution >= 0.6 is 24.0 Å². The molecular formula is C24H40IN5O3. The van der Waals surface area contributed by atoms with Gasteiger partial charge < -0.3 is 25.4 Å². The fraction of sp³-hybridized carbons (Fsp3) is 0.667. The molecular weight excluding hydrogens is 533 g/mol. The molecule has 1 amide bonds. The molecule has 1 heterocycles. The van der Waals surface area contributed by atoms with Crippen LogP contribution in [0.25, 0.3) is 0 Å². The Bertz CT molecular complexity index is 750. The minimum Gasteiger partial charge on any atom is -0.497 e. The summed E-state index contributed by atoms with van der Waals surface area (Å²) in [5, 5.41) is 9.95. The molecule has 0 spiro atoms. The molecule has 1 aromatic carbocycles. The number of hydrogen-bond donors (Lipinski definition) is 3. The van der Waals surface area contributed by atoms with Crippen molar-refractivity contribution in [3.63, 3.8) is 0 Å². The van der Waals surface area contributed by atoms with Crippen LogP contribution in [0.4, 0.5) is 0 Å². The Labute approximate surface area is 215 Å². The van der Waals surface area contributed by atoms with Crippen molar-refractivity contribution in [1.29, 1.82) is 0 Å². The van der Waals surface area contributed by atoms with E-state index in [9.17, 15) is 4.79 Å². The van der Waals surface area contributed by atoms with E-state index in [1.54, 1.807) is 14.2 Å². The summed E-state index contributed by atoms with van der Waals surface area (Å²) < 4.78 is 10.8. The minimum absolute atomic E-state index is 0. The second kappa shape index (κ2) is 14.5. The Morgan fingerprint density at radius 2 is 1.85 bits per heavy atom. The van der Waals surface area contributed by atoms with Gasteiger partial charge in [0.25, 0.3) is 0 Å². The van der Waals surface area contributed by atoms with Crippen molar-refractivity contribution < 1.29 is 14.3 Å². The molecule has 33 heavy (non-hydrogen) atoms. The number of carbonyl (C=O) groups excluding carboxylic acids is 1. The van der Waals surface area contributed by atoms with E-state index in [0.29, 0.717) is 19.1 Å². The highest BCUT2D eigenvalue weighted by Gasteiger charge is 2.25. The topological polar surface area (TPSA) is 87.2 Å². The molecule has 3 N–H and O–H groups in total. The molecule has 8 nitrogen and oxygen atoms in total. The molecule has 1 saturated heterocycles. The highest BCUT2D eigenvalue weighted by molar-refractivity contribution is 14.0. The van der Waals surface area contributed by atoms with E-state index in [4.69, 9.17) is 14.5 Å². The van der Waals surface area contributed by atoms with Crippen LogP contribution in [0.1, 0.15) is 44.6 Å². The summed E-state index contributed by atoms with van der Waals surface area (Å²) in [7, 11) is 3.36. The van der Waals surface area contributed by atoms with Gasteiger partial charge in [-0.25, -0.2) is 0 Å². The third-order valence-corrected chi connectivity index (χ3v) is 6.15.